The van der Waals surface area contributed by atoms with Gasteiger partial charge in [0.1, 0.15) is 18.9 Å². The molecule has 1 aromatic rings. The molecule has 1 aliphatic rings. The first-order valence-electron chi connectivity index (χ1n) is 5.65. The summed E-state index contributed by atoms with van der Waals surface area (Å²) in [6.45, 7) is 6.61. The lowest BCUT2D eigenvalue weighted by Gasteiger charge is -2.32. The Morgan fingerprint density at radius 3 is 3.11 bits per heavy atom. The summed E-state index contributed by atoms with van der Waals surface area (Å²) in [4.78, 5) is 13.4. The van der Waals surface area contributed by atoms with E-state index in [4.69, 9.17) is 9.47 Å². The fourth-order valence-corrected chi connectivity index (χ4v) is 2.11. The Labute approximate surface area is 114 Å². The summed E-state index contributed by atoms with van der Waals surface area (Å²) in [6, 6.07) is 5.67. The Balaban J connectivity index is 2.25. The number of carbonyl (C=O) groups is 1. The van der Waals surface area contributed by atoms with Gasteiger partial charge >= 0.3 is 5.97 Å². The molecule has 0 saturated heterocycles. The van der Waals surface area contributed by atoms with Gasteiger partial charge in [0.25, 0.3) is 0 Å². The van der Waals surface area contributed by atoms with E-state index in [1.54, 1.807) is 6.92 Å². The molecular weight excluding hydrogens is 298 g/mol. The molecule has 0 aliphatic carbocycles. The van der Waals surface area contributed by atoms with E-state index in [1.165, 1.54) is 0 Å². The van der Waals surface area contributed by atoms with E-state index >= 15 is 0 Å². The predicted octanol–water partition coefficient (Wildman–Crippen LogP) is 2.72. The van der Waals surface area contributed by atoms with Crippen LogP contribution in [0.5, 0.6) is 5.75 Å². The second-order valence-corrected chi connectivity index (χ2v) is 4.77. The third-order valence-corrected chi connectivity index (χ3v) is 3.07. The molecule has 0 fully saturated rings. The van der Waals surface area contributed by atoms with E-state index in [9.17, 15) is 4.79 Å². The maximum absolute atomic E-state index is 11.6. The van der Waals surface area contributed by atoms with Crippen LogP contribution >= 0.6 is 15.9 Å². The lowest BCUT2D eigenvalue weighted by molar-refractivity contribution is -0.141. The van der Waals surface area contributed by atoms with Crippen molar-refractivity contribution in [2.75, 3.05) is 24.7 Å². The number of rotatable bonds is 3. The summed E-state index contributed by atoms with van der Waals surface area (Å²) in [7, 11) is 0. The Hall–Kier alpha value is -1.49. The molecule has 1 aliphatic heterocycles. The molecular formula is C13H14BrNO3. The molecule has 0 spiro atoms. The number of hydrogen-bond donors (Lipinski definition) is 0. The molecule has 0 amide bonds. The third kappa shape index (κ3) is 2.67. The highest BCUT2D eigenvalue weighted by Crippen LogP contribution is 2.36. The number of fused-ring (bicyclic) bond motifs is 1. The molecule has 0 aromatic heterocycles. The van der Waals surface area contributed by atoms with E-state index < -0.39 is 0 Å². The topological polar surface area (TPSA) is 38.8 Å². The highest BCUT2D eigenvalue weighted by Gasteiger charge is 2.23. The number of ether oxygens (including phenoxy) is 2. The normalized spacial score (nSPS) is 13.9. The Bertz CT molecular complexity index is 487. The van der Waals surface area contributed by atoms with Crippen LogP contribution in [0.3, 0.4) is 0 Å². The van der Waals surface area contributed by atoms with Crippen LogP contribution < -0.4 is 9.64 Å². The molecule has 0 unspecified atom stereocenters. The van der Waals surface area contributed by atoms with Crippen LogP contribution in [0.15, 0.2) is 34.9 Å². The monoisotopic (exact) mass is 311 g/mol. The summed E-state index contributed by atoms with van der Waals surface area (Å²) in [6.07, 6.45) is 0. The van der Waals surface area contributed by atoms with Crippen molar-refractivity contribution in [3.63, 3.8) is 0 Å². The highest BCUT2D eigenvalue weighted by atomic mass is 79.9. The Morgan fingerprint density at radius 2 is 2.39 bits per heavy atom. The van der Waals surface area contributed by atoms with Crippen LogP contribution in [0.2, 0.25) is 0 Å². The largest absolute Gasteiger partial charge is 0.485 e. The minimum atomic E-state index is -0.269. The number of esters is 1. The fraction of sp³-hybridized carbons (Fsp3) is 0.308. The predicted molar refractivity (Wildman–Crippen MR) is 72.8 cm³/mol. The second kappa shape index (κ2) is 5.44. The van der Waals surface area contributed by atoms with Crippen molar-refractivity contribution in [2.45, 2.75) is 6.92 Å². The van der Waals surface area contributed by atoms with E-state index in [1.807, 2.05) is 23.1 Å². The first kappa shape index (κ1) is 13.0. The highest BCUT2D eigenvalue weighted by molar-refractivity contribution is 9.10. The summed E-state index contributed by atoms with van der Waals surface area (Å²) >= 11 is 3.39. The number of benzene rings is 1. The van der Waals surface area contributed by atoms with Gasteiger partial charge in [-0.3, -0.25) is 4.79 Å². The van der Waals surface area contributed by atoms with Crippen molar-refractivity contribution < 1.29 is 14.3 Å². The number of halogens is 1. The minimum Gasteiger partial charge on any atom is -0.485 e. The molecule has 96 valence electrons. The number of nitrogens with zero attached hydrogens (tertiary/aromatic N) is 1. The first-order chi connectivity index (χ1) is 8.61. The molecule has 0 radical (unpaired) electrons. The van der Waals surface area contributed by atoms with Gasteiger partial charge in [0.05, 0.1) is 12.3 Å². The van der Waals surface area contributed by atoms with Crippen molar-refractivity contribution in [1.82, 2.24) is 0 Å². The van der Waals surface area contributed by atoms with Gasteiger partial charge in [-0.15, -0.1) is 0 Å². The molecule has 0 saturated carbocycles. The van der Waals surface area contributed by atoms with Crippen LogP contribution in [0.1, 0.15) is 6.92 Å². The molecule has 1 aromatic carbocycles. The van der Waals surface area contributed by atoms with Gasteiger partial charge in [-0.25, -0.2) is 0 Å². The lowest BCUT2D eigenvalue weighted by Crippen LogP contribution is -2.35. The summed E-state index contributed by atoms with van der Waals surface area (Å²) < 4.78 is 11.5. The zero-order valence-corrected chi connectivity index (χ0v) is 11.7. The quantitative estimate of drug-likeness (QED) is 0.805. The van der Waals surface area contributed by atoms with Crippen molar-refractivity contribution in [1.29, 1.82) is 0 Å². The third-order valence-electron chi connectivity index (χ3n) is 2.58. The number of carbonyl (C=O) groups excluding carboxylic acids is 1. The molecule has 2 rings (SSSR count). The van der Waals surface area contributed by atoms with E-state index in [-0.39, 0.29) is 12.5 Å². The molecule has 0 atom stereocenters. The molecule has 5 heteroatoms. The van der Waals surface area contributed by atoms with Crippen LogP contribution in [-0.4, -0.2) is 25.7 Å². The van der Waals surface area contributed by atoms with Crippen molar-refractivity contribution >= 4 is 27.6 Å². The smallest absolute Gasteiger partial charge is 0.325 e. The lowest BCUT2D eigenvalue weighted by atomic mass is 10.2. The van der Waals surface area contributed by atoms with Crippen LogP contribution in [0.4, 0.5) is 5.69 Å². The van der Waals surface area contributed by atoms with Gasteiger partial charge in [0, 0.05) is 10.2 Å². The maximum Gasteiger partial charge on any atom is 0.325 e. The maximum atomic E-state index is 11.6. The van der Waals surface area contributed by atoms with Crippen molar-refractivity contribution in [3.05, 3.63) is 34.9 Å². The molecule has 0 bridgehead atoms. The zero-order chi connectivity index (χ0) is 13.1. The molecule has 0 N–H and O–H groups in total. The minimum absolute atomic E-state index is 0.157. The molecule has 18 heavy (non-hydrogen) atoms. The number of hydrogen-bond acceptors (Lipinski definition) is 4. The molecule has 1 heterocycles. The molecule has 4 nitrogen and oxygen atoms in total. The van der Waals surface area contributed by atoms with E-state index in [0.29, 0.717) is 13.2 Å². The Morgan fingerprint density at radius 1 is 1.61 bits per heavy atom. The second-order valence-electron chi connectivity index (χ2n) is 3.86. The Kier molecular flexibility index (Phi) is 3.91. The summed E-state index contributed by atoms with van der Waals surface area (Å²) in [5, 5.41) is 0. The van der Waals surface area contributed by atoms with Gasteiger partial charge in [-0.2, -0.15) is 0 Å². The zero-order valence-electron chi connectivity index (χ0n) is 10.1. The van der Waals surface area contributed by atoms with Crippen molar-refractivity contribution in [2.24, 2.45) is 0 Å². The van der Waals surface area contributed by atoms with Crippen LogP contribution in [-0.2, 0) is 9.53 Å². The summed E-state index contributed by atoms with van der Waals surface area (Å²) in [5.41, 5.74) is 1.58. The van der Waals surface area contributed by atoms with Gasteiger partial charge in [0.15, 0.2) is 0 Å². The SMILES string of the molecule is C=C1COc2cc(Br)ccc2N1CC(=O)OCC. The van der Waals surface area contributed by atoms with Crippen LogP contribution in [0, 0.1) is 0 Å². The number of anilines is 1. The van der Waals surface area contributed by atoms with Gasteiger partial charge < -0.3 is 14.4 Å². The van der Waals surface area contributed by atoms with Gasteiger partial charge in [-0.05, 0) is 25.1 Å². The van der Waals surface area contributed by atoms with E-state index in [2.05, 4.69) is 22.5 Å². The average molecular weight is 312 g/mol. The van der Waals surface area contributed by atoms with Gasteiger partial charge in [0.2, 0.25) is 0 Å². The van der Waals surface area contributed by atoms with E-state index in [0.717, 1.165) is 21.6 Å². The first-order valence-corrected chi connectivity index (χ1v) is 6.44. The average Bonchev–Trinajstić information content (AvgIpc) is 2.33. The fourth-order valence-electron chi connectivity index (χ4n) is 1.77. The van der Waals surface area contributed by atoms with Crippen LogP contribution in [0.25, 0.3) is 0 Å². The summed E-state index contributed by atoms with van der Waals surface area (Å²) in [5.74, 6) is 0.468. The van der Waals surface area contributed by atoms with Crippen molar-refractivity contribution in [3.8, 4) is 5.75 Å². The standard InChI is InChI=1S/C13H14BrNO3/c1-3-17-13(16)7-15-9(2)8-18-12-6-10(14)4-5-11(12)15/h4-6H,2-3,7-8H2,1H3. The van der Waals surface area contributed by atoms with Gasteiger partial charge in [-0.1, -0.05) is 22.5 Å².